The van der Waals surface area contributed by atoms with Gasteiger partial charge in [-0.05, 0) is 37.3 Å². The zero-order valence-electron chi connectivity index (χ0n) is 9.65. The Morgan fingerprint density at radius 1 is 1.56 bits per heavy atom. The van der Waals surface area contributed by atoms with E-state index < -0.39 is 0 Å². The number of pyridine rings is 1. The molecule has 0 amide bonds. The van der Waals surface area contributed by atoms with E-state index in [-0.39, 0.29) is 11.6 Å². The topological polar surface area (TPSA) is 74.2 Å². The summed E-state index contributed by atoms with van der Waals surface area (Å²) < 4.78 is 5.56. The monoisotopic (exact) mass is 221 g/mol. The van der Waals surface area contributed by atoms with Crippen LogP contribution in [-0.2, 0) is 11.2 Å². The lowest BCUT2D eigenvalue weighted by molar-refractivity contribution is -0.0896. The largest absolute Gasteiger partial charge is 0.398 e. The van der Waals surface area contributed by atoms with Crippen molar-refractivity contribution in [1.82, 2.24) is 4.98 Å². The van der Waals surface area contributed by atoms with E-state index in [1.807, 2.05) is 6.07 Å². The summed E-state index contributed by atoms with van der Waals surface area (Å²) in [6.07, 6.45) is 7.50. The Kier molecular flexibility index (Phi) is 3.12. The molecule has 16 heavy (non-hydrogen) atoms. The van der Waals surface area contributed by atoms with Gasteiger partial charge in [0.25, 0.3) is 0 Å². The summed E-state index contributed by atoms with van der Waals surface area (Å²) >= 11 is 0. The maximum atomic E-state index is 6.22. The van der Waals surface area contributed by atoms with Crippen LogP contribution in [0.2, 0.25) is 0 Å². The van der Waals surface area contributed by atoms with Crippen LogP contribution in [-0.4, -0.2) is 23.7 Å². The molecule has 1 aromatic rings. The Bertz CT molecular complexity index is 358. The number of anilines is 1. The molecule has 0 aromatic carbocycles. The lowest BCUT2D eigenvalue weighted by atomic mass is 9.73. The molecule has 1 aliphatic carbocycles. The van der Waals surface area contributed by atoms with E-state index in [0.29, 0.717) is 0 Å². The number of methoxy groups -OCH3 is 1. The van der Waals surface area contributed by atoms with Gasteiger partial charge in [0.1, 0.15) is 0 Å². The van der Waals surface area contributed by atoms with Crippen molar-refractivity contribution in [1.29, 1.82) is 0 Å². The molecule has 1 atom stereocenters. The lowest BCUT2D eigenvalue weighted by Crippen LogP contribution is -2.55. The van der Waals surface area contributed by atoms with Crippen LogP contribution in [0, 0.1) is 0 Å². The molecule has 1 aliphatic rings. The van der Waals surface area contributed by atoms with Crippen molar-refractivity contribution in [2.24, 2.45) is 5.73 Å². The maximum Gasteiger partial charge on any atom is 0.0832 e. The van der Waals surface area contributed by atoms with Gasteiger partial charge in [-0.3, -0.25) is 4.98 Å². The quantitative estimate of drug-likeness (QED) is 0.798. The number of hydrogen-bond acceptors (Lipinski definition) is 4. The van der Waals surface area contributed by atoms with Crippen LogP contribution in [0.1, 0.15) is 24.8 Å². The van der Waals surface area contributed by atoms with E-state index in [9.17, 15) is 0 Å². The van der Waals surface area contributed by atoms with E-state index in [0.717, 1.165) is 30.5 Å². The molecule has 0 radical (unpaired) electrons. The molecule has 1 aromatic heterocycles. The zero-order valence-corrected chi connectivity index (χ0v) is 9.65. The van der Waals surface area contributed by atoms with Gasteiger partial charge in [-0.25, -0.2) is 0 Å². The SMILES string of the molecule is COC1(C(N)Cc2cnccc2N)CCC1. The first-order valence-corrected chi connectivity index (χ1v) is 5.67. The third-order valence-corrected chi connectivity index (χ3v) is 3.66. The van der Waals surface area contributed by atoms with Gasteiger partial charge >= 0.3 is 0 Å². The van der Waals surface area contributed by atoms with Gasteiger partial charge in [-0.15, -0.1) is 0 Å². The lowest BCUT2D eigenvalue weighted by Gasteiger charge is -2.45. The average Bonchev–Trinajstić information content (AvgIpc) is 2.21. The number of nitrogens with two attached hydrogens (primary N) is 2. The van der Waals surface area contributed by atoms with Gasteiger partial charge in [0.05, 0.1) is 5.60 Å². The van der Waals surface area contributed by atoms with E-state index >= 15 is 0 Å². The van der Waals surface area contributed by atoms with Gasteiger partial charge in [0.2, 0.25) is 0 Å². The van der Waals surface area contributed by atoms with Crippen LogP contribution in [0.4, 0.5) is 5.69 Å². The Morgan fingerprint density at radius 2 is 2.31 bits per heavy atom. The summed E-state index contributed by atoms with van der Waals surface area (Å²) in [5.74, 6) is 0. The highest BCUT2D eigenvalue weighted by molar-refractivity contribution is 5.44. The van der Waals surface area contributed by atoms with Crippen LogP contribution in [0.5, 0.6) is 0 Å². The molecule has 88 valence electrons. The number of nitrogens with zero attached hydrogens (tertiary/aromatic N) is 1. The van der Waals surface area contributed by atoms with Gasteiger partial charge in [-0.1, -0.05) is 0 Å². The molecule has 0 saturated heterocycles. The van der Waals surface area contributed by atoms with Crippen molar-refractivity contribution in [3.63, 3.8) is 0 Å². The number of ether oxygens (including phenoxy) is 1. The second-order valence-electron chi connectivity index (χ2n) is 4.51. The molecule has 1 heterocycles. The highest BCUT2D eigenvalue weighted by Gasteiger charge is 2.42. The fourth-order valence-electron chi connectivity index (χ4n) is 2.28. The second kappa shape index (κ2) is 4.39. The average molecular weight is 221 g/mol. The van der Waals surface area contributed by atoms with Crippen LogP contribution in [0.25, 0.3) is 0 Å². The number of hydrogen-bond donors (Lipinski definition) is 2. The molecule has 0 spiro atoms. The third-order valence-electron chi connectivity index (χ3n) is 3.66. The predicted octanol–water partition coefficient (Wildman–Crippen LogP) is 1.10. The minimum absolute atomic E-state index is 0.00208. The summed E-state index contributed by atoms with van der Waals surface area (Å²) in [5.41, 5.74) is 13.7. The summed E-state index contributed by atoms with van der Waals surface area (Å²) in [7, 11) is 1.74. The van der Waals surface area contributed by atoms with Crippen LogP contribution in [0.3, 0.4) is 0 Å². The Balaban J connectivity index is 2.07. The standard InChI is InChI=1S/C12H19N3O/c1-16-12(4-2-5-12)11(14)7-9-8-15-6-3-10(9)13/h3,6,8,11H,2,4-5,7,14H2,1H3,(H2,13,15). The normalized spacial score (nSPS) is 20.1. The van der Waals surface area contributed by atoms with Gasteiger partial charge < -0.3 is 16.2 Å². The summed E-state index contributed by atoms with van der Waals surface area (Å²) in [4.78, 5) is 4.07. The zero-order chi connectivity index (χ0) is 11.6. The first kappa shape index (κ1) is 11.4. The van der Waals surface area contributed by atoms with Crippen molar-refractivity contribution in [3.8, 4) is 0 Å². The van der Waals surface area contributed by atoms with Crippen LogP contribution < -0.4 is 11.5 Å². The van der Waals surface area contributed by atoms with Crippen molar-refractivity contribution >= 4 is 5.69 Å². The molecule has 1 saturated carbocycles. The summed E-state index contributed by atoms with van der Waals surface area (Å²) in [6.45, 7) is 0. The maximum absolute atomic E-state index is 6.22. The number of aromatic nitrogens is 1. The molecular formula is C12H19N3O. The van der Waals surface area contributed by atoms with Crippen molar-refractivity contribution in [2.75, 3.05) is 12.8 Å². The minimum Gasteiger partial charge on any atom is -0.398 e. The van der Waals surface area contributed by atoms with Crippen LogP contribution >= 0.6 is 0 Å². The van der Waals surface area contributed by atoms with E-state index in [2.05, 4.69) is 4.98 Å². The van der Waals surface area contributed by atoms with E-state index in [1.54, 1.807) is 19.5 Å². The van der Waals surface area contributed by atoms with Gasteiger partial charge in [0.15, 0.2) is 0 Å². The number of rotatable bonds is 4. The fourth-order valence-corrected chi connectivity index (χ4v) is 2.28. The molecule has 4 nitrogen and oxygen atoms in total. The Hall–Kier alpha value is -1.13. The second-order valence-corrected chi connectivity index (χ2v) is 4.51. The smallest absolute Gasteiger partial charge is 0.0832 e. The predicted molar refractivity (Wildman–Crippen MR) is 63.9 cm³/mol. The highest BCUT2D eigenvalue weighted by atomic mass is 16.5. The molecule has 0 aliphatic heterocycles. The highest BCUT2D eigenvalue weighted by Crippen LogP contribution is 2.38. The molecule has 1 unspecified atom stereocenters. The molecule has 2 rings (SSSR count). The summed E-state index contributed by atoms with van der Waals surface area (Å²) in [5, 5.41) is 0. The van der Waals surface area contributed by atoms with Crippen LogP contribution in [0.15, 0.2) is 18.5 Å². The first-order valence-electron chi connectivity index (χ1n) is 5.67. The third kappa shape index (κ3) is 1.90. The Labute approximate surface area is 96.0 Å². The van der Waals surface area contributed by atoms with E-state index in [1.165, 1.54) is 6.42 Å². The molecular weight excluding hydrogens is 202 g/mol. The van der Waals surface area contributed by atoms with Gasteiger partial charge in [0, 0.05) is 31.2 Å². The fraction of sp³-hybridized carbons (Fsp3) is 0.583. The summed E-state index contributed by atoms with van der Waals surface area (Å²) in [6, 6.07) is 1.81. The molecule has 0 bridgehead atoms. The first-order chi connectivity index (χ1) is 7.68. The molecule has 4 heteroatoms. The molecule has 4 N–H and O–H groups in total. The van der Waals surface area contributed by atoms with E-state index in [4.69, 9.17) is 16.2 Å². The van der Waals surface area contributed by atoms with Crippen molar-refractivity contribution in [2.45, 2.75) is 37.3 Å². The molecule has 1 fully saturated rings. The minimum atomic E-state index is -0.137. The Morgan fingerprint density at radius 3 is 2.81 bits per heavy atom. The van der Waals surface area contributed by atoms with Crippen molar-refractivity contribution < 1.29 is 4.74 Å². The van der Waals surface area contributed by atoms with Crippen molar-refractivity contribution in [3.05, 3.63) is 24.0 Å². The number of nitrogen functional groups attached to an aromatic ring is 1. The van der Waals surface area contributed by atoms with Gasteiger partial charge in [-0.2, -0.15) is 0 Å².